The summed E-state index contributed by atoms with van der Waals surface area (Å²) in [6.45, 7) is -0.382. The van der Waals surface area contributed by atoms with E-state index in [1.165, 1.54) is 6.20 Å². The number of aromatic nitrogens is 2. The maximum atomic E-state index is 13.6. The van der Waals surface area contributed by atoms with Gasteiger partial charge in [-0.2, -0.15) is 5.10 Å². The summed E-state index contributed by atoms with van der Waals surface area (Å²) >= 11 is 0. The van der Waals surface area contributed by atoms with Crippen molar-refractivity contribution >= 4 is 11.6 Å². The second-order valence-electron chi connectivity index (χ2n) is 5.39. The molecule has 3 rings (SSSR count). The van der Waals surface area contributed by atoms with Crippen LogP contribution in [0.1, 0.15) is 10.5 Å². The van der Waals surface area contributed by atoms with Gasteiger partial charge in [-0.25, -0.2) is 31.0 Å². The topological polar surface area (TPSA) is 56.2 Å². The molecule has 1 N–H and O–H groups in total. The molecule has 1 aromatic heterocycles. The van der Waals surface area contributed by atoms with Crippen LogP contribution in [0.4, 0.5) is 32.0 Å². The molecule has 3 aromatic rings. The zero-order chi connectivity index (χ0) is 20.4. The average molecular weight is 401 g/mol. The van der Waals surface area contributed by atoms with E-state index in [2.05, 4.69) is 5.10 Å². The number of ether oxygens (including phenoxy) is 1. The molecule has 0 atom stereocenters. The van der Waals surface area contributed by atoms with Crippen LogP contribution in [0.5, 0.6) is 5.75 Å². The molecule has 0 aliphatic heterocycles. The van der Waals surface area contributed by atoms with Crippen LogP contribution >= 0.6 is 0 Å². The van der Waals surface area contributed by atoms with E-state index < -0.39 is 46.5 Å². The van der Waals surface area contributed by atoms with Gasteiger partial charge in [0.05, 0.1) is 0 Å². The van der Waals surface area contributed by atoms with Crippen molar-refractivity contribution in [3.05, 3.63) is 77.1 Å². The number of carbonyl (C=O) groups excluding carboxylic acids is 1. The van der Waals surface area contributed by atoms with Crippen molar-refractivity contribution in [1.29, 1.82) is 0 Å². The number of hydrogen-bond donors (Lipinski definition) is 1. The minimum absolute atomic E-state index is 0.000959. The summed E-state index contributed by atoms with van der Waals surface area (Å²) in [5.74, 6) is -10.1. The predicted molar refractivity (Wildman–Crippen MR) is 83.4 cm³/mol. The first-order valence-electron chi connectivity index (χ1n) is 7.52. The molecule has 0 unspecified atom stereocenters. The third kappa shape index (κ3) is 3.92. The van der Waals surface area contributed by atoms with Gasteiger partial charge in [-0.1, -0.05) is 0 Å². The fourth-order valence-electron chi connectivity index (χ4n) is 2.14. The third-order valence-electron chi connectivity index (χ3n) is 3.47. The fourth-order valence-corrected chi connectivity index (χ4v) is 2.14. The lowest BCUT2D eigenvalue weighted by atomic mass is 10.2. The van der Waals surface area contributed by atoms with Gasteiger partial charge in [0, 0.05) is 18.3 Å². The minimum Gasteiger partial charge on any atom is -0.468 e. The van der Waals surface area contributed by atoms with Gasteiger partial charge >= 0.3 is 0 Å². The van der Waals surface area contributed by atoms with Gasteiger partial charge in [-0.15, -0.1) is 0 Å². The molecule has 5 nitrogen and oxygen atoms in total. The Labute approximate surface area is 153 Å². The third-order valence-corrected chi connectivity index (χ3v) is 3.47. The maximum Gasteiger partial charge on any atom is 0.276 e. The van der Waals surface area contributed by atoms with Crippen LogP contribution < -0.4 is 10.1 Å². The molecule has 0 aliphatic rings. The SMILES string of the molecule is O=C(Nc1c(F)c(F)cc(F)c1F)c1ccn(COc2ccc(F)cc2F)n1. The van der Waals surface area contributed by atoms with Crippen LogP contribution in [0.25, 0.3) is 0 Å². The number of halogens is 6. The molecule has 0 fully saturated rings. The molecule has 0 radical (unpaired) electrons. The second kappa shape index (κ2) is 7.62. The van der Waals surface area contributed by atoms with Crippen LogP contribution in [-0.4, -0.2) is 15.7 Å². The van der Waals surface area contributed by atoms with Gasteiger partial charge in [0.25, 0.3) is 5.91 Å². The van der Waals surface area contributed by atoms with Crippen molar-refractivity contribution in [1.82, 2.24) is 9.78 Å². The number of nitrogens with one attached hydrogen (secondary N) is 1. The van der Waals surface area contributed by atoms with Crippen molar-refractivity contribution in [2.75, 3.05) is 5.32 Å². The average Bonchev–Trinajstić information content (AvgIpc) is 3.12. The van der Waals surface area contributed by atoms with Crippen LogP contribution in [0.3, 0.4) is 0 Å². The Morgan fingerprint density at radius 2 is 1.64 bits per heavy atom. The highest BCUT2D eigenvalue weighted by Crippen LogP contribution is 2.24. The first-order valence-corrected chi connectivity index (χ1v) is 7.52. The molecule has 11 heteroatoms. The van der Waals surface area contributed by atoms with Crippen LogP contribution in [-0.2, 0) is 6.73 Å². The molecule has 1 heterocycles. The number of rotatable bonds is 5. The Morgan fingerprint density at radius 3 is 2.29 bits per heavy atom. The van der Waals surface area contributed by atoms with E-state index in [-0.39, 0.29) is 24.2 Å². The zero-order valence-electron chi connectivity index (χ0n) is 13.6. The molecule has 146 valence electrons. The summed E-state index contributed by atoms with van der Waals surface area (Å²) in [4.78, 5) is 12.0. The smallest absolute Gasteiger partial charge is 0.276 e. The number of nitrogens with zero attached hydrogens (tertiary/aromatic N) is 2. The lowest BCUT2D eigenvalue weighted by Gasteiger charge is -2.08. The monoisotopic (exact) mass is 401 g/mol. The highest BCUT2D eigenvalue weighted by molar-refractivity contribution is 6.02. The molecule has 0 saturated carbocycles. The molecule has 0 bridgehead atoms. The first kappa shape index (κ1) is 19.3. The highest BCUT2D eigenvalue weighted by Gasteiger charge is 2.22. The van der Waals surface area contributed by atoms with E-state index in [0.29, 0.717) is 6.07 Å². The highest BCUT2D eigenvalue weighted by atomic mass is 19.2. The second-order valence-corrected chi connectivity index (χ2v) is 5.39. The first-order chi connectivity index (χ1) is 13.3. The Bertz CT molecular complexity index is 1030. The van der Waals surface area contributed by atoms with Crippen molar-refractivity contribution in [3.63, 3.8) is 0 Å². The van der Waals surface area contributed by atoms with Gasteiger partial charge in [-0.05, 0) is 18.2 Å². The standard InChI is InChI=1S/C17H9F6N3O2/c18-8-1-2-13(9(19)5-8)28-7-26-4-3-12(25-26)17(27)24-16-14(22)10(20)6-11(21)15(16)23/h1-6H,7H2,(H,24,27). The predicted octanol–water partition coefficient (Wildman–Crippen LogP) is 4.01. The van der Waals surface area contributed by atoms with Gasteiger partial charge in [-0.3, -0.25) is 4.79 Å². The zero-order valence-corrected chi connectivity index (χ0v) is 13.6. The summed E-state index contributed by atoms with van der Waals surface area (Å²) in [6.07, 6.45) is 1.22. The van der Waals surface area contributed by atoms with E-state index in [1.807, 2.05) is 0 Å². The summed E-state index contributed by atoms with van der Waals surface area (Å²) in [7, 11) is 0. The Balaban J connectivity index is 1.71. The largest absolute Gasteiger partial charge is 0.468 e. The van der Waals surface area contributed by atoms with Gasteiger partial charge in [0.1, 0.15) is 11.5 Å². The molecular formula is C17H9F6N3O2. The summed E-state index contributed by atoms with van der Waals surface area (Å²) in [5, 5.41) is 5.42. The Kier molecular flexibility index (Phi) is 5.25. The number of benzene rings is 2. The van der Waals surface area contributed by atoms with Gasteiger partial charge in [0.2, 0.25) is 0 Å². The fraction of sp³-hybridized carbons (Fsp3) is 0.0588. The van der Waals surface area contributed by atoms with E-state index >= 15 is 0 Å². The minimum atomic E-state index is -1.78. The number of anilines is 1. The van der Waals surface area contributed by atoms with E-state index in [4.69, 9.17) is 4.74 Å². The van der Waals surface area contributed by atoms with Crippen LogP contribution in [0, 0.1) is 34.9 Å². The van der Waals surface area contributed by atoms with Crippen molar-refractivity contribution in [2.24, 2.45) is 0 Å². The van der Waals surface area contributed by atoms with Crippen LogP contribution in [0.15, 0.2) is 36.5 Å². The van der Waals surface area contributed by atoms with Crippen LogP contribution in [0.2, 0.25) is 0 Å². The van der Waals surface area contributed by atoms with Gasteiger partial charge < -0.3 is 10.1 Å². The van der Waals surface area contributed by atoms with Crippen molar-refractivity contribution in [2.45, 2.75) is 6.73 Å². The number of amides is 1. The molecule has 0 spiro atoms. The summed E-state index contributed by atoms with van der Waals surface area (Å²) < 4.78 is 85.9. The van der Waals surface area contributed by atoms with E-state index in [9.17, 15) is 31.1 Å². The number of carbonyl (C=O) groups is 1. The lowest BCUT2D eigenvalue weighted by molar-refractivity contribution is 0.101. The Morgan fingerprint density at radius 1 is 0.964 bits per heavy atom. The normalized spacial score (nSPS) is 10.8. The number of hydrogen-bond acceptors (Lipinski definition) is 3. The molecule has 2 aromatic carbocycles. The van der Waals surface area contributed by atoms with Gasteiger partial charge in [0.15, 0.2) is 47.3 Å². The lowest BCUT2D eigenvalue weighted by Crippen LogP contribution is -2.17. The van der Waals surface area contributed by atoms with E-state index in [1.54, 1.807) is 5.32 Å². The molecule has 1 amide bonds. The molecule has 28 heavy (non-hydrogen) atoms. The molecule has 0 aliphatic carbocycles. The molecular weight excluding hydrogens is 392 g/mol. The summed E-state index contributed by atoms with van der Waals surface area (Å²) in [5.41, 5.74) is -1.67. The van der Waals surface area contributed by atoms with Crippen molar-refractivity contribution < 1.29 is 35.9 Å². The Hall–Kier alpha value is -3.50. The summed E-state index contributed by atoms with van der Waals surface area (Å²) in [6, 6.07) is 3.75. The van der Waals surface area contributed by atoms with E-state index in [0.717, 1.165) is 22.9 Å². The van der Waals surface area contributed by atoms with Crippen molar-refractivity contribution in [3.8, 4) is 5.75 Å². The maximum absolute atomic E-state index is 13.6. The molecule has 0 saturated heterocycles. The quantitative estimate of drug-likeness (QED) is 0.519.